The number of carbonyl (C=O) groups is 1. The average Bonchev–Trinajstić information content (AvgIpc) is 2.27. The Morgan fingerprint density at radius 2 is 2.12 bits per heavy atom. The molecule has 0 fully saturated rings. The van der Waals surface area contributed by atoms with Crippen molar-refractivity contribution in [2.45, 2.75) is 32.8 Å². The van der Waals surface area contributed by atoms with E-state index in [1.807, 2.05) is 32.0 Å². The van der Waals surface area contributed by atoms with Crippen molar-refractivity contribution in [1.82, 2.24) is 0 Å². The molecule has 1 amide bonds. The maximum atomic E-state index is 11.9. The van der Waals surface area contributed by atoms with Crippen molar-refractivity contribution < 1.29 is 9.53 Å². The molecule has 0 saturated heterocycles. The number of rotatable bonds is 1. The molecule has 16 heavy (non-hydrogen) atoms. The molecule has 1 aliphatic heterocycles. The molecule has 2 rings (SSSR count). The van der Waals surface area contributed by atoms with Gasteiger partial charge in [0.25, 0.3) is 0 Å². The first kappa shape index (κ1) is 11.0. The molecule has 1 heterocycles. The number of nitrogens with zero attached hydrogens (tertiary/aromatic N) is 1. The van der Waals surface area contributed by atoms with E-state index in [1.165, 1.54) is 5.56 Å². The summed E-state index contributed by atoms with van der Waals surface area (Å²) >= 11 is 0. The second kappa shape index (κ2) is 4.56. The van der Waals surface area contributed by atoms with Gasteiger partial charge in [0.15, 0.2) is 0 Å². The molecule has 0 spiro atoms. The van der Waals surface area contributed by atoms with Gasteiger partial charge >= 0.3 is 6.09 Å². The molecule has 0 radical (unpaired) electrons. The first-order chi connectivity index (χ1) is 7.68. The summed E-state index contributed by atoms with van der Waals surface area (Å²) in [4.78, 5) is 13.6. The number of ether oxygens (including phenoxy) is 1. The van der Waals surface area contributed by atoms with E-state index in [0.29, 0.717) is 0 Å². The Balaban J connectivity index is 2.21. The molecular weight excluding hydrogens is 202 g/mol. The number of benzene rings is 1. The van der Waals surface area contributed by atoms with Gasteiger partial charge in [0.05, 0.1) is 11.8 Å². The predicted molar refractivity (Wildman–Crippen MR) is 63.7 cm³/mol. The monoisotopic (exact) mass is 219 g/mol. The van der Waals surface area contributed by atoms with E-state index in [1.54, 1.807) is 4.90 Å². The van der Waals surface area contributed by atoms with Gasteiger partial charge in [-0.3, -0.25) is 4.90 Å². The summed E-state index contributed by atoms with van der Waals surface area (Å²) < 4.78 is 5.23. The van der Waals surface area contributed by atoms with Crippen LogP contribution >= 0.6 is 0 Å². The minimum Gasteiger partial charge on any atom is -0.446 e. The van der Waals surface area contributed by atoms with Gasteiger partial charge in [-0.25, -0.2) is 4.79 Å². The molecule has 0 bridgehead atoms. The minimum absolute atomic E-state index is 0.0680. The maximum Gasteiger partial charge on any atom is 0.414 e. The summed E-state index contributed by atoms with van der Waals surface area (Å²) in [6.45, 7) is 4.49. The van der Waals surface area contributed by atoms with Crippen LogP contribution in [0.3, 0.4) is 0 Å². The molecule has 3 heteroatoms. The number of carbonyl (C=O) groups excluding carboxylic acids is 1. The fourth-order valence-corrected chi connectivity index (χ4v) is 1.99. The summed E-state index contributed by atoms with van der Waals surface area (Å²) in [6.07, 6.45) is 1.75. The SMILES string of the molecule is CC(C)OC(=O)N1CCCc2ccccc21. The molecule has 1 aromatic carbocycles. The molecule has 0 N–H and O–H groups in total. The molecule has 3 nitrogen and oxygen atoms in total. The van der Waals surface area contributed by atoms with Gasteiger partial charge in [0.2, 0.25) is 0 Å². The lowest BCUT2D eigenvalue weighted by molar-refractivity contribution is 0.122. The van der Waals surface area contributed by atoms with E-state index in [9.17, 15) is 4.79 Å². The van der Waals surface area contributed by atoms with Crippen molar-refractivity contribution in [2.75, 3.05) is 11.4 Å². The van der Waals surface area contributed by atoms with Gasteiger partial charge in [-0.05, 0) is 38.3 Å². The Labute approximate surface area is 96.0 Å². The van der Waals surface area contributed by atoms with Gasteiger partial charge in [-0.2, -0.15) is 0 Å². The van der Waals surface area contributed by atoms with Crippen molar-refractivity contribution >= 4 is 11.8 Å². The molecule has 0 saturated carbocycles. The van der Waals surface area contributed by atoms with Crippen LogP contribution in [0.2, 0.25) is 0 Å². The van der Waals surface area contributed by atoms with Crippen LogP contribution in [0, 0.1) is 0 Å². The first-order valence-corrected chi connectivity index (χ1v) is 5.74. The van der Waals surface area contributed by atoms with Crippen molar-refractivity contribution in [1.29, 1.82) is 0 Å². The zero-order valence-corrected chi connectivity index (χ0v) is 9.77. The van der Waals surface area contributed by atoms with E-state index >= 15 is 0 Å². The third kappa shape index (κ3) is 2.18. The number of hydrogen-bond acceptors (Lipinski definition) is 2. The van der Waals surface area contributed by atoms with E-state index < -0.39 is 0 Å². The minimum atomic E-state index is -0.234. The highest BCUT2D eigenvalue weighted by atomic mass is 16.6. The number of anilines is 1. The highest BCUT2D eigenvalue weighted by molar-refractivity contribution is 5.89. The number of amides is 1. The topological polar surface area (TPSA) is 29.5 Å². The molecule has 1 aliphatic rings. The van der Waals surface area contributed by atoms with Gasteiger partial charge in [0.1, 0.15) is 0 Å². The largest absolute Gasteiger partial charge is 0.446 e. The average molecular weight is 219 g/mol. The van der Waals surface area contributed by atoms with Crippen LogP contribution in [0.15, 0.2) is 24.3 Å². The highest BCUT2D eigenvalue weighted by Crippen LogP contribution is 2.27. The van der Waals surface area contributed by atoms with Crippen LogP contribution in [0.4, 0.5) is 10.5 Å². The van der Waals surface area contributed by atoms with Crippen LogP contribution in [-0.2, 0) is 11.2 Å². The van der Waals surface area contributed by atoms with Crippen LogP contribution in [0.1, 0.15) is 25.8 Å². The second-order valence-corrected chi connectivity index (χ2v) is 4.32. The molecule has 0 atom stereocenters. The number of hydrogen-bond donors (Lipinski definition) is 0. The Bertz CT molecular complexity index is 387. The quantitative estimate of drug-likeness (QED) is 0.726. The zero-order chi connectivity index (χ0) is 11.5. The number of fused-ring (bicyclic) bond motifs is 1. The van der Waals surface area contributed by atoms with Crippen LogP contribution in [0.25, 0.3) is 0 Å². The Hall–Kier alpha value is -1.51. The summed E-state index contributed by atoms with van der Waals surface area (Å²) in [5.41, 5.74) is 2.23. The lowest BCUT2D eigenvalue weighted by Gasteiger charge is -2.29. The van der Waals surface area contributed by atoms with Gasteiger partial charge in [0, 0.05) is 6.54 Å². The molecule has 1 aromatic rings. The second-order valence-electron chi connectivity index (χ2n) is 4.32. The first-order valence-electron chi connectivity index (χ1n) is 5.74. The number of para-hydroxylation sites is 1. The molecule has 0 aromatic heterocycles. The predicted octanol–water partition coefficient (Wildman–Crippen LogP) is 2.98. The molecule has 86 valence electrons. The van der Waals surface area contributed by atoms with Crippen molar-refractivity contribution in [3.63, 3.8) is 0 Å². The maximum absolute atomic E-state index is 11.9. The fourth-order valence-electron chi connectivity index (χ4n) is 1.99. The summed E-state index contributed by atoms with van der Waals surface area (Å²) in [6, 6.07) is 8.02. The number of aryl methyl sites for hydroxylation is 1. The summed E-state index contributed by atoms with van der Waals surface area (Å²) in [5.74, 6) is 0. The Kier molecular flexibility index (Phi) is 3.13. The van der Waals surface area contributed by atoms with E-state index in [-0.39, 0.29) is 12.2 Å². The molecule has 0 aliphatic carbocycles. The zero-order valence-electron chi connectivity index (χ0n) is 9.77. The molecular formula is C13H17NO2. The van der Waals surface area contributed by atoms with Gasteiger partial charge in [-0.15, -0.1) is 0 Å². The Morgan fingerprint density at radius 1 is 1.38 bits per heavy atom. The standard InChI is InChI=1S/C13H17NO2/c1-10(2)16-13(15)14-9-5-7-11-6-3-4-8-12(11)14/h3-4,6,8,10H,5,7,9H2,1-2H3. The van der Waals surface area contributed by atoms with E-state index in [0.717, 1.165) is 25.1 Å². The third-order valence-corrected chi connectivity index (χ3v) is 2.67. The van der Waals surface area contributed by atoms with Gasteiger partial charge < -0.3 is 4.74 Å². The van der Waals surface area contributed by atoms with E-state index in [4.69, 9.17) is 4.74 Å². The normalized spacial score (nSPS) is 14.8. The van der Waals surface area contributed by atoms with Crippen LogP contribution in [-0.4, -0.2) is 18.7 Å². The van der Waals surface area contributed by atoms with Crippen LogP contribution < -0.4 is 4.90 Å². The van der Waals surface area contributed by atoms with Gasteiger partial charge in [-0.1, -0.05) is 18.2 Å². The van der Waals surface area contributed by atoms with Crippen molar-refractivity contribution in [3.05, 3.63) is 29.8 Å². The van der Waals surface area contributed by atoms with Crippen molar-refractivity contribution in [3.8, 4) is 0 Å². The lowest BCUT2D eigenvalue weighted by atomic mass is 10.0. The molecule has 0 unspecified atom stereocenters. The highest BCUT2D eigenvalue weighted by Gasteiger charge is 2.23. The van der Waals surface area contributed by atoms with Crippen molar-refractivity contribution in [2.24, 2.45) is 0 Å². The third-order valence-electron chi connectivity index (χ3n) is 2.67. The van der Waals surface area contributed by atoms with E-state index in [2.05, 4.69) is 6.07 Å². The fraction of sp³-hybridized carbons (Fsp3) is 0.462. The Morgan fingerprint density at radius 3 is 2.88 bits per heavy atom. The smallest absolute Gasteiger partial charge is 0.414 e. The summed E-state index contributed by atoms with van der Waals surface area (Å²) in [5, 5.41) is 0. The summed E-state index contributed by atoms with van der Waals surface area (Å²) in [7, 11) is 0. The van der Waals surface area contributed by atoms with Crippen LogP contribution in [0.5, 0.6) is 0 Å². The lowest BCUT2D eigenvalue weighted by Crippen LogP contribution is -2.37.